The SMILES string of the molecule is C=CCOC(C)(C)C(O)CO.Cl.N. The summed E-state index contributed by atoms with van der Waals surface area (Å²) in [6, 6.07) is 0. The predicted octanol–water partition coefficient (Wildman–Crippen LogP) is 0.905. The lowest BCUT2D eigenvalue weighted by Gasteiger charge is -2.28. The maximum Gasteiger partial charge on any atom is 0.105 e. The molecular weight excluding hydrogens is 194 g/mol. The van der Waals surface area contributed by atoms with Gasteiger partial charge in [-0.15, -0.1) is 19.0 Å². The molecule has 0 saturated carbocycles. The van der Waals surface area contributed by atoms with Gasteiger partial charge in [0.05, 0.1) is 18.8 Å². The predicted molar refractivity (Wildman–Crippen MR) is 55.6 cm³/mol. The molecule has 0 spiro atoms. The number of aliphatic hydroxyl groups is 2. The molecule has 5 N–H and O–H groups in total. The van der Waals surface area contributed by atoms with Crippen molar-refractivity contribution in [2.45, 2.75) is 25.6 Å². The topological polar surface area (TPSA) is 84.7 Å². The summed E-state index contributed by atoms with van der Waals surface area (Å²) < 4.78 is 5.20. The Morgan fingerprint density at radius 2 is 2.00 bits per heavy atom. The molecule has 5 heteroatoms. The summed E-state index contributed by atoms with van der Waals surface area (Å²) in [6.45, 7) is 7.01. The second kappa shape index (κ2) is 8.47. The van der Waals surface area contributed by atoms with Crippen LogP contribution in [-0.2, 0) is 4.74 Å². The highest BCUT2D eigenvalue weighted by molar-refractivity contribution is 5.85. The summed E-state index contributed by atoms with van der Waals surface area (Å²) in [7, 11) is 0. The molecule has 0 aliphatic rings. The van der Waals surface area contributed by atoms with Crippen LogP contribution in [0.5, 0.6) is 0 Å². The lowest BCUT2D eigenvalue weighted by molar-refractivity contribution is -0.107. The molecule has 0 aromatic rings. The molecule has 4 nitrogen and oxygen atoms in total. The molecule has 0 rings (SSSR count). The molecule has 0 aromatic heterocycles. The van der Waals surface area contributed by atoms with Crippen LogP contribution in [0.2, 0.25) is 0 Å². The van der Waals surface area contributed by atoms with Gasteiger partial charge in [-0.25, -0.2) is 0 Å². The molecule has 0 heterocycles. The second-order valence-electron chi connectivity index (χ2n) is 2.90. The van der Waals surface area contributed by atoms with Crippen LogP contribution in [0.3, 0.4) is 0 Å². The Morgan fingerprint density at radius 3 is 2.31 bits per heavy atom. The van der Waals surface area contributed by atoms with Gasteiger partial charge in [0.25, 0.3) is 0 Å². The van der Waals surface area contributed by atoms with Crippen LogP contribution < -0.4 is 6.15 Å². The second-order valence-corrected chi connectivity index (χ2v) is 2.90. The van der Waals surface area contributed by atoms with Crippen molar-refractivity contribution in [1.29, 1.82) is 0 Å². The van der Waals surface area contributed by atoms with Gasteiger partial charge < -0.3 is 21.1 Å². The van der Waals surface area contributed by atoms with Crippen molar-refractivity contribution in [3.8, 4) is 0 Å². The summed E-state index contributed by atoms with van der Waals surface area (Å²) in [6.07, 6.45) is 0.758. The first-order valence-electron chi connectivity index (χ1n) is 3.58. The Bertz CT molecular complexity index is 131. The molecule has 0 amide bonds. The van der Waals surface area contributed by atoms with Crippen LogP contribution >= 0.6 is 12.4 Å². The molecular formula is C8H20ClNO3. The average Bonchev–Trinajstić information content (AvgIpc) is 1.99. The Labute approximate surface area is 85.6 Å². The van der Waals surface area contributed by atoms with E-state index in [4.69, 9.17) is 9.84 Å². The van der Waals surface area contributed by atoms with Crippen LogP contribution in [0.15, 0.2) is 12.7 Å². The van der Waals surface area contributed by atoms with Crippen LogP contribution in [0.1, 0.15) is 13.8 Å². The molecule has 0 radical (unpaired) electrons. The summed E-state index contributed by atoms with van der Waals surface area (Å²) >= 11 is 0. The van der Waals surface area contributed by atoms with Gasteiger partial charge in [-0.2, -0.15) is 0 Å². The number of hydrogen-bond donors (Lipinski definition) is 3. The van der Waals surface area contributed by atoms with Gasteiger partial charge in [0.15, 0.2) is 0 Å². The van der Waals surface area contributed by atoms with Crippen LogP contribution in [-0.4, -0.2) is 35.1 Å². The maximum absolute atomic E-state index is 9.20. The van der Waals surface area contributed by atoms with Crippen molar-refractivity contribution < 1.29 is 14.9 Å². The van der Waals surface area contributed by atoms with E-state index in [1.165, 1.54) is 0 Å². The number of aliphatic hydroxyl groups excluding tert-OH is 2. The fourth-order valence-corrected chi connectivity index (χ4v) is 0.590. The van der Waals surface area contributed by atoms with E-state index >= 15 is 0 Å². The number of hydrogen-bond acceptors (Lipinski definition) is 4. The van der Waals surface area contributed by atoms with Gasteiger partial charge in [0.2, 0.25) is 0 Å². The average molecular weight is 214 g/mol. The molecule has 0 bridgehead atoms. The van der Waals surface area contributed by atoms with E-state index in [1.54, 1.807) is 19.9 Å². The minimum atomic E-state index is -0.845. The molecule has 0 aliphatic heterocycles. The first kappa shape index (κ1) is 18.6. The smallest absolute Gasteiger partial charge is 0.105 e. The maximum atomic E-state index is 9.20. The standard InChI is InChI=1S/C8H16O3.ClH.H3N/c1-4-5-11-8(2,3)7(10)6-9;;/h4,7,9-10H,1,5-6H2,2-3H3;1H;1H3. The highest BCUT2D eigenvalue weighted by Gasteiger charge is 2.27. The van der Waals surface area contributed by atoms with E-state index in [1.807, 2.05) is 0 Å². The molecule has 0 saturated heterocycles. The zero-order chi connectivity index (χ0) is 8.91. The lowest BCUT2D eigenvalue weighted by atomic mass is 10.0. The summed E-state index contributed by atoms with van der Waals surface area (Å²) in [4.78, 5) is 0. The van der Waals surface area contributed by atoms with Crippen LogP contribution in [0.4, 0.5) is 0 Å². The van der Waals surface area contributed by atoms with E-state index < -0.39 is 11.7 Å². The molecule has 0 aliphatic carbocycles. The fraction of sp³-hybridized carbons (Fsp3) is 0.750. The van der Waals surface area contributed by atoms with Gasteiger partial charge in [-0.3, -0.25) is 0 Å². The zero-order valence-electron chi connectivity index (χ0n) is 8.19. The van der Waals surface area contributed by atoms with E-state index in [2.05, 4.69) is 6.58 Å². The van der Waals surface area contributed by atoms with Gasteiger partial charge in [-0.05, 0) is 13.8 Å². The summed E-state index contributed by atoms with van der Waals surface area (Å²) in [5.74, 6) is 0. The Hall–Kier alpha value is -0.130. The molecule has 1 atom stereocenters. The monoisotopic (exact) mass is 213 g/mol. The fourth-order valence-electron chi connectivity index (χ4n) is 0.590. The van der Waals surface area contributed by atoms with E-state index in [9.17, 15) is 5.11 Å². The number of rotatable bonds is 5. The van der Waals surface area contributed by atoms with Crippen molar-refractivity contribution in [1.82, 2.24) is 6.15 Å². The first-order valence-corrected chi connectivity index (χ1v) is 3.58. The quantitative estimate of drug-likeness (QED) is 0.593. The number of halogens is 1. The van der Waals surface area contributed by atoms with Gasteiger partial charge in [-0.1, -0.05) is 6.08 Å². The Morgan fingerprint density at radius 1 is 1.54 bits per heavy atom. The number of ether oxygens (including phenoxy) is 1. The molecule has 82 valence electrons. The van der Waals surface area contributed by atoms with Crippen molar-refractivity contribution in [2.24, 2.45) is 0 Å². The minimum absolute atomic E-state index is 0. The summed E-state index contributed by atoms with van der Waals surface area (Å²) in [5.41, 5.74) is -0.705. The third kappa shape index (κ3) is 6.98. The van der Waals surface area contributed by atoms with Gasteiger partial charge in [0.1, 0.15) is 6.10 Å². The van der Waals surface area contributed by atoms with E-state index in [0.717, 1.165) is 0 Å². The van der Waals surface area contributed by atoms with Crippen LogP contribution in [0.25, 0.3) is 0 Å². The normalized spacial score (nSPS) is 12.3. The van der Waals surface area contributed by atoms with Gasteiger partial charge >= 0.3 is 0 Å². The highest BCUT2D eigenvalue weighted by atomic mass is 35.5. The molecule has 0 fully saturated rings. The third-order valence-electron chi connectivity index (χ3n) is 1.55. The molecule has 1 unspecified atom stereocenters. The Balaban J connectivity index is -0.000000500. The highest BCUT2D eigenvalue weighted by Crippen LogP contribution is 2.13. The van der Waals surface area contributed by atoms with Crippen molar-refractivity contribution in [3.63, 3.8) is 0 Å². The van der Waals surface area contributed by atoms with Gasteiger partial charge in [0, 0.05) is 0 Å². The minimum Gasteiger partial charge on any atom is -0.394 e. The molecule has 0 aromatic carbocycles. The van der Waals surface area contributed by atoms with E-state index in [-0.39, 0.29) is 25.2 Å². The van der Waals surface area contributed by atoms with Crippen molar-refractivity contribution in [2.75, 3.05) is 13.2 Å². The van der Waals surface area contributed by atoms with Crippen molar-refractivity contribution in [3.05, 3.63) is 12.7 Å². The van der Waals surface area contributed by atoms with E-state index in [0.29, 0.717) is 6.61 Å². The van der Waals surface area contributed by atoms with Crippen molar-refractivity contribution >= 4 is 12.4 Å². The summed E-state index contributed by atoms with van der Waals surface area (Å²) in [5, 5.41) is 17.8. The largest absolute Gasteiger partial charge is 0.394 e. The first-order chi connectivity index (χ1) is 5.04. The zero-order valence-corrected chi connectivity index (χ0v) is 9.01. The lowest BCUT2D eigenvalue weighted by Crippen LogP contribution is -2.41. The van der Waals surface area contributed by atoms with Crippen LogP contribution in [0, 0.1) is 0 Å². The Kier molecular flexibility index (Phi) is 12.1. The third-order valence-corrected chi connectivity index (χ3v) is 1.55. The molecule has 13 heavy (non-hydrogen) atoms.